The lowest BCUT2D eigenvalue weighted by molar-refractivity contribution is -0.137. The summed E-state index contributed by atoms with van der Waals surface area (Å²) in [5.74, 6) is -0.269. The lowest BCUT2D eigenvalue weighted by Gasteiger charge is -2.16. The second kappa shape index (κ2) is 7.46. The van der Waals surface area contributed by atoms with E-state index >= 15 is 0 Å². The molecule has 1 amide bonds. The molecular formula is C20H18F3N3O2. The maximum Gasteiger partial charge on any atom is 0.416 e. The summed E-state index contributed by atoms with van der Waals surface area (Å²) in [6, 6.07) is 11.1. The van der Waals surface area contributed by atoms with Crippen molar-refractivity contribution in [2.24, 2.45) is 0 Å². The van der Waals surface area contributed by atoms with Crippen LogP contribution in [0, 0.1) is 0 Å². The molecule has 0 spiro atoms. The predicted molar refractivity (Wildman–Crippen MR) is 99.6 cm³/mol. The average molecular weight is 389 g/mol. The molecule has 3 aromatic rings. The minimum Gasteiger partial charge on any atom is -0.273 e. The van der Waals surface area contributed by atoms with Crippen LogP contribution in [0.25, 0.3) is 10.9 Å². The number of hydrogen-bond donors (Lipinski definition) is 1. The molecule has 0 radical (unpaired) electrons. The standard InChI is InChI=1S/C20H18F3N3O2/c1-12(2)18-24-16-6-4-3-5-15(16)19(28)26(18)25-17(27)11-13-7-9-14(10-8-13)20(21,22)23/h3-10,12H,11H2,1-2H3,(H,25,27). The highest BCUT2D eigenvalue weighted by Gasteiger charge is 2.30. The Hall–Kier alpha value is -3.16. The first-order chi connectivity index (χ1) is 13.2. The van der Waals surface area contributed by atoms with Crippen LogP contribution in [0.2, 0.25) is 0 Å². The SMILES string of the molecule is CC(C)c1nc2ccccc2c(=O)n1NC(=O)Cc1ccc(C(F)(F)F)cc1. The van der Waals surface area contributed by atoms with Crippen LogP contribution in [0.15, 0.2) is 53.3 Å². The number of amides is 1. The first-order valence-electron chi connectivity index (χ1n) is 8.64. The quantitative estimate of drug-likeness (QED) is 0.737. The van der Waals surface area contributed by atoms with Gasteiger partial charge >= 0.3 is 6.18 Å². The summed E-state index contributed by atoms with van der Waals surface area (Å²) in [6.45, 7) is 3.68. The van der Waals surface area contributed by atoms with Crippen LogP contribution >= 0.6 is 0 Å². The van der Waals surface area contributed by atoms with E-state index in [0.717, 1.165) is 16.8 Å². The van der Waals surface area contributed by atoms with Crippen molar-refractivity contribution in [2.75, 3.05) is 5.43 Å². The Labute approximate surface area is 158 Å². The van der Waals surface area contributed by atoms with E-state index in [0.29, 0.717) is 22.3 Å². The van der Waals surface area contributed by atoms with E-state index in [4.69, 9.17) is 0 Å². The topological polar surface area (TPSA) is 64.0 Å². The van der Waals surface area contributed by atoms with Crippen LogP contribution in [0.4, 0.5) is 13.2 Å². The van der Waals surface area contributed by atoms with Gasteiger partial charge in [0.1, 0.15) is 5.82 Å². The molecule has 146 valence electrons. The number of benzene rings is 2. The van der Waals surface area contributed by atoms with Crippen molar-refractivity contribution in [1.82, 2.24) is 9.66 Å². The molecule has 1 aromatic heterocycles. The molecule has 2 aromatic carbocycles. The maximum absolute atomic E-state index is 12.8. The van der Waals surface area contributed by atoms with Gasteiger partial charge < -0.3 is 0 Å². The fourth-order valence-corrected chi connectivity index (χ4v) is 2.81. The van der Waals surface area contributed by atoms with Crippen molar-refractivity contribution in [2.45, 2.75) is 32.4 Å². The van der Waals surface area contributed by atoms with Gasteiger partial charge in [-0.25, -0.2) is 9.66 Å². The Bertz CT molecular complexity index is 1070. The van der Waals surface area contributed by atoms with Gasteiger partial charge in [0.15, 0.2) is 0 Å². The molecule has 0 aliphatic rings. The molecule has 0 fully saturated rings. The molecule has 1 N–H and O–H groups in total. The Balaban J connectivity index is 1.87. The van der Waals surface area contributed by atoms with Crippen molar-refractivity contribution in [3.05, 3.63) is 75.8 Å². The van der Waals surface area contributed by atoms with Gasteiger partial charge in [0.05, 0.1) is 22.9 Å². The fourth-order valence-electron chi connectivity index (χ4n) is 2.81. The van der Waals surface area contributed by atoms with E-state index in [9.17, 15) is 22.8 Å². The van der Waals surface area contributed by atoms with Crippen LogP contribution in [-0.2, 0) is 17.4 Å². The van der Waals surface area contributed by atoms with E-state index < -0.39 is 23.2 Å². The Morgan fingerprint density at radius 2 is 1.75 bits per heavy atom. The summed E-state index contributed by atoms with van der Waals surface area (Å²) in [7, 11) is 0. The number of carbonyl (C=O) groups excluding carboxylic acids is 1. The van der Waals surface area contributed by atoms with Crippen molar-refractivity contribution in [1.29, 1.82) is 0 Å². The molecule has 3 rings (SSSR count). The number of hydrogen-bond acceptors (Lipinski definition) is 3. The second-order valence-corrected chi connectivity index (χ2v) is 6.69. The summed E-state index contributed by atoms with van der Waals surface area (Å²) in [6.07, 6.45) is -4.61. The van der Waals surface area contributed by atoms with Gasteiger partial charge in [-0.15, -0.1) is 0 Å². The number of carbonyl (C=O) groups is 1. The Morgan fingerprint density at radius 3 is 2.36 bits per heavy atom. The molecule has 28 heavy (non-hydrogen) atoms. The zero-order valence-corrected chi connectivity index (χ0v) is 15.2. The van der Waals surface area contributed by atoms with Crippen LogP contribution in [0.3, 0.4) is 0 Å². The molecule has 5 nitrogen and oxygen atoms in total. The zero-order chi connectivity index (χ0) is 20.5. The molecule has 1 heterocycles. The van der Waals surface area contributed by atoms with E-state index in [1.807, 2.05) is 13.8 Å². The van der Waals surface area contributed by atoms with Crippen LogP contribution in [0.1, 0.15) is 36.7 Å². The molecule has 8 heteroatoms. The third-order valence-electron chi connectivity index (χ3n) is 4.20. The molecule has 0 unspecified atom stereocenters. The number of alkyl halides is 3. The van der Waals surface area contributed by atoms with Crippen molar-refractivity contribution in [3.63, 3.8) is 0 Å². The summed E-state index contributed by atoms with van der Waals surface area (Å²) < 4.78 is 39.0. The van der Waals surface area contributed by atoms with Crippen molar-refractivity contribution in [3.8, 4) is 0 Å². The zero-order valence-electron chi connectivity index (χ0n) is 15.2. The third-order valence-corrected chi connectivity index (χ3v) is 4.20. The van der Waals surface area contributed by atoms with Crippen LogP contribution in [-0.4, -0.2) is 15.6 Å². The summed E-state index contributed by atoms with van der Waals surface area (Å²) in [5, 5.41) is 0.363. The number of fused-ring (bicyclic) bond motifs is 1. The number of aromatic nitrogens is 2. The van der Waals surface area contributed by atoms with Crippen molar-refractivity contribution < 1.29 is 18.0 Å². The van der Waals surface area contributed by atoms with Crippen LogP contribution < -0.4 is 11.0 Å². The number of para-hydroxylation sites is 1. The first kappa shape index (κ1) is 19.6. The maximum atomic E-state index is 12.8. The van der Waals surface area contributed by atoms with Gasteiger partial charge in [-0.05, 0) is 29.8 Å². The van der Waals surface area contributed by atoms with E-state index in [1.54, 1.807) is 24.3 Å². The van der Waals surface area contributed by atoms with E-state index in [1.165, 1.54) is 12.1 Å². The van der Waals surface area contributed by atoms with Gasteiger partial charge in [-0.2, -0.15) is 13.2 Å². The van der Waals surface area contributed by atoms with Crippen LogP contribution in [0.5, 0.6) is 0 Å². The van der Waals surface area contributed by atoms with Gasteiger partial charge in [-0.3, -0.25) is 15.0 Å². The highest BCUT2D eigenvalue weighted by atomic mass is 19.4. The molecule has 0 saturated heterocycles. The highest BCUT2D eigenvalue weighted by Crippen LogP contribution is 2.29. The van der Waals surface area contributed by atoms with Gasteiger partial charge in [0.2, 0.25) is 5.91 Å². The largest absolute Gasteiger partial charge is 0.416 e. The number of nitrogens with zero attached hydrogens (tertiary/aromatic N) is 2. The highest BCUT2D eigenvalue weighted by molar-refractivity contribution is 5.86. The molecule has 0 atom stereocenters. The Kier molecular flexibility index (Phi) is 5.22. The average Bonchev–Trinajstić information content (AvgIpc) is 2.63. The molecule has 0 saturated carbocycles. The lowest BCUT2D eigenvalue weighted by Crippen LogP contribution is -2.37. The lowest BCUT2D eigenvalue weighted by atomic mass is 10.1. The van der Waals surface area contributed by atoms with E-state index in [2.05, 4.69) is 10.4 Å². The third kappa shape index (κ3) is 4.05. The molecular weight excluding hydrogens is 371 g/mol. The monoisotopic (exact) mass is 389 g/mol. The molecule has 0 aliphatic carbocycles. The van der Waals surface area contributed by atoms with E-state index in [-0.39, 0.29) is 12.3 Å². The molecule has 0 aliphatic heterocycles. The van der Waals surface area contributed by atoms with Crippen molar-refractivity contribution >= 4 is 16.8 Å². The Morgan fingerprint density at radius 1 is 1.11 bits per heavy atom. The minimum atomic E-state index is -4.43. The number of rotatable bonds is 4. The predicted octanol–water partition coefficient (Wildman–Crippen LogP) is 3.85. The summed E-state index contributed by atoms with van der Waals surface area (Å²) in [4.78, 5) is 29.6. The van der Waals surface area contributed by atoms with Gasteiger partial charge in [0, 0.05) is 5.92 Å². The first-order valence-corrected chi connectivity index (χ1v) is 8.64. The minimum absolute atomic E-state index is 0.135. The normalized spacial score (nSPS) is 11.8. The number of halogens is 3. The fraction of sp³-hybridized carbons (Fsp3) is 0.250. The summed E-state index contributed by atoms with van der Waals surface area (Å²) in [5.41, 5.74) is 2.27. The molecule has 0 bridgehead atoms. The number of nitrogens with one attached hydrogen (secondary N) is 1. The van der Waals surface area contributed by atoms with Gasteiger partial charge in [0.25, 0.3) is 5.56 Å². The second-order valence-electron chi connectivity index (χ2n) is 6.69. The smallest absolute Gasteiger partial charge is 0.273 e. The van der Waals surface area contributed by atoms with Gasteiger partial charge in [-0.1, -0.05) is 38.1 Å². The summed E-state index contributed by atoms with van der Waals surface area (Å²) >= 11 is 0.